The van der Waals surface area contributed by atoms with Crippen LogP contribution in [0.4, 0.5) is 10.2 Å². The third-order valence-corrected chi connectivity index (χ3v) is 2.60. The van der Waals surface area contributed by atoms with Gasteiger partial charge in [-0.3, -0.25) is 4.79 Å². The number of pyridine rings is 1. The Morgan fingerprint density at radius 2 is 2.11 bits per heavy atom. The molecule has 1 amide bonds. The van der Waals surface area contributed by atoms with Crippen molar-refractivity contribution in [3.63, 3.8) is 0 Å². The Morgan fingerprint density at radius 3 is 2.78 bits per heavy atom. The van der Waals surface area contributed by atoms with Crippen molar-refractivity contribution in [3.05, 3.63) is 58.5 Å². The molecule has 92 valence electrons. The molecule has 0 saturated carbocycles. The lowest BCUT2D eigenvalue weighted by Gasteiger charge is -2.07. The molecule has 0 aliphatic rings. The molecule has 0 atom stereocenters. The van der Waals surface area contributed by atoms with E-state index in [-0.39, 0.29) is 11.7 Å². The number of aromatic nitrogens is 1. The molecule has 0 radical (unpaired) electrons. The highest BCUT2D eigenvalue weighted by atomic mass is 35.5. The van der Waals surface area contributed by atoms with Crippen molar-refractivity contribution < 1.29 is 9.18 Å². The molecule has 0 saturated heterocycles. The number of carbonyl (C=O) groups is 1. The summed E-state index contributed by atoms with van der Waals surface area (Å²) in [6.07, 6.45) is 0. The summed E-state index contributed by atoms with van der Waals surface area (Å²) in [6.45, 7) is 1.67. The largest absolute Gasteiger partial charge is 0.307 e. The number of anilines is 1. The van der Waals surface area contributed by atoms with E-state index >= 15 is 0 Å². The van der Waals surface area contributed by atoms with Crippen molar-refractivity contribution >= 4 is 23.3 Å². The van der Waals surface area contributed by atoms with Gasteiger partial charge in [0.15, 0.2) is 0 Å². The second-order valence-electron chi connectivity index (χ2n) is 3.76. The van der Waals surface area contributed by atoms with E-state index in [0.717, 1.165) is 0 Å². The van der Waals surface area contributed by atoms with E-state index in [0.29, 0.717) is 22.1 Å². The minimum Gasteiger partial charge on any atom is -0.307 e. The van der Waals surface area contributed by atoms with E-state index < -0.39 is 0 Å². The van der Waals surface area contributed by atoms with Gasteiger partial charge in [0.1, 0.15) is 16.8 Å². The zero-order valence-corrected chi connectivity index (χ0v) is 10.3. The average molecular weight is 265 g/mol. The maximum Gasteiger partial charge on any atom is 0.257 e. The normalized spacial score (nSPS) is 10.2. The third kappa shape index (κ3) is 2.84. The SMILES string of the molecule is Cc1cc(F)ccc1C(=O)Nc1cccc(Cl)n1. The standard InChI is InChI=1S/C13H10ClFN2O/c1-8-7-9(15)5-6-10(8)13(18)17-12-4-2-3-11(14)16-12/h2-7H,1H3,(H,16,17,18). The molecular weight excluding hydrogens is 255 g/mol. The predicted octanol–water partition coefficient (Wildman–Crippen LogP) is 3.43. The summed E-state index contributed by atoms with van der Waals surface area (Å²) in [7, 11) is 0. The number of rotatable bonds is 2. The lowest BCUT2D eigenvalue weighted by molar-refractivity contribution is 0.102. The van der Waals surface area contributed by atoms with Crippen LogP contribution in [-0.4, -0.2) is 10.9 Å². The second kappa shape index (κ2) is 5.14. The Hall–Kier alpha value is -1.94. The minimum absolute atomic E-state index is 0.295. The number of hydrogen-bond acceptors (Lipinski definition) is 2. The van der Waals surface area contributed by atoms with Gasteiger partial charge < -0.3 is 5.32 Å². The van der Waals surface area contributed by atoms with E-state index in [1.165, 1.54) is 18.2 Å². The fraction of sp³-hybridized carbons (Fsp3) is 0.0769. The summed E-state index contributed by atoms with van der Waals surface area (Å²) in [4.78, 5) is 15.9. The van der Waals surface area contributed by atoms with Gasteiger partial charge >= 0.3 is 0 Å². The van der Waals surface area contributed by atoms with Crippen LogP contribution in [0.3, 0.4) is 0 Å². The van der Waals surface area contributed by atoms with Gasteiger partial charge in [-0.25, -0.2) is 9.37 Å². The lowest BCUT2D eigenvalue weighted by atomic mass is 10.1. The fourth-order valence-corrected chi connectivity index (χ4v) is 1.71. The molecule has 2 rings (SSSR count). The van der Waals surface area contributed by atoms with Gasteiger partial charge in [-0.05, 0) is 42.8 Å². The number of benzene rings is 1. The van der Waals surface area contributed by atoms with Gasteiger partial charge in [0.2, 0.25) is 0 Å². The summed E-state index contributed by atoms with van der Waals surface area (Å²) < 4.78 is 12.9. The number of aryl methyl sites for hydroxylation is 1. The summed E-state index contributed by atoms with van der Waals surface area (Å²) in [5.41, 5.74) is 0.965. The van der Waals surface area contributed by atoms with Crippen molar-refractivity contribution in [2.75, 3.05) is 5.32 Å². The zero-order valence-electron chi connectivity index (χ0n) is 9.58. The molecule has 3 nitrogen and oxygen atoms in total. The van der Waals surface area contributed by atoms with Crippen molar-refractivity contribution in [1.29, 1.82) is 0 Å². The van der Waals surface area contributed by atoms with E-state index in [1.54, 1.807) is 25.1 Å². The molecule has 0 bridgehead atoms. The van der Waals surface area contributed by atoms with E-state index in [2.05, 4.69) is 10.3 Å². The number of hydrogen-bond donors (Lipinski definition) is 1. The van der Waals surface area contributed by atoms with Crippen LogP contribution in [0.25, 0.3) is 0 Å². The summed E-state index contributed by atoms with van der Waals surface area (Å²) in [5, 5.41) is 2.90. The second-order valence-corrected chi connectivity index (χ2v) is 4.15. The van der Waals surface area contributed by atoms with E-state index in [1.807, 2.05) is 0 Å². The Morgan fingerprint density at radius 1 is 1.33 bits per heavy atom. The average Bonchev–Trinajstić information content (AvgIpc) is 2.28. The van der Waals surface area contributed by atoms with Crippen molar-refractivity contribution in [2.45, 2.75) is 6.92 Å². The van der Waals surface area contributed by atoms with Gasteiger partial charge in [-0.1, -0.05) is 17.7 Å². The minimum atomic E-state index is -0.370. The fourth-order valence-electron chi connectivity index (χ4n) is 1.54. The highest BCUT2D eigenvalue weighted by molar-refractivity contribution is 6.29. The highest BCUT2D eigenvalue weighted by Crippen LogP contribution is 2.14. The first-order valence-corrected chi connectivity index (χ1v) is 5.64. The van der Waals surface area contributed by atoms with Crippen molar-refractivity contribution in [2.24, 2.45) is 0 Å². The Labute approximate surface area is 109 Å². The molecule has 0 aliphatic carbocycles. The van der Waals surface area contributed by atoms with Crippen LogP contribution in [0.2, 0.25) is 5.15 Å². The summed E-state index contributed by atoms with van der Waals surface area (Å²) in [6, 6.07) is 8.91. The number of nitrogens with zero attached hydrogens (tertiary/aromatic N) is 1. The molecule has 2 aromatic rings. The van der Waals surface area contributed by atoms with Crippen LogP contribution < -0.4 is 5.32 Å². The van der Waals surface area contributed by atoms with Gasteiger partial charge in [0, 0.05) is 5.56 Å². The molecule has 1 heterocycles. The van der Waals surface area contributed by atoms with Crippen molar-refractivity contribution in [1.82, 2.24) is 4.98 Å². The lowest BCUT2D eigenvalue weighted by Crippen LogP contribution is -2.14. The maximum absolute atomic E-state index is 12.9. The van der Waals surface area contributed by atoms with Crippen LogP contribution in [0.15, 0.2) is 36.4 Å². The number of amides is 1. The third-order valence-electron chi connectivity index (χ3n) is 2.39. The van der Waals surface area contributed by atoms with Crippen LogP contribution in [0.1, 0.15) is 15.9 Å². The van der Waals surface area contributed by atoms with Gasteiger partial charge in [0.05, 0.1) is 0 Å². The van der Waals surface area contributed by atoms with E-state index in [4.69, 9.17) is 11.6 Å². The molecule has 0 unspecified atom stereocenters. The summed E-state index contributed by atoms with van der Waals surface area (Å²) >= 11 is 5.71. The molecule has 1 aromatic carbocycles. The molecule has 0 fully saturated rings. The quantitative estimate of drug-likeness (QED) is 0.845. The molecule has 0 spiro atoms. The van der Waals surface area contributed by atoms with Gasteiger partial charge in [0.25, 0.3) is 5.91 Å². The zero-order chi connectivity index (χ0) is 13.1. The Balaban J connectivity index is 2.22. The number of carbonyl (C=O) groups excluding carboxylic acids is 1. The molecular formula is C13H10ClFN2O. The van der Waals surface area contributed by atoms with Crippen LogP contribution in [0, 0.1) is 12.7 Å². The number of halogens is 2. The number of nitrogens with one attached hydrogen (secondary N) is 1. The maximum atomic E-state index is 12.9. The van der Waals surface area contributed by atoms with E-state index in [9.17, 15) is 9.18 Å². The monoisotopic (exact) mass is 264 g/mol. The first kappa shape index (κ1) is 12.5. The Bertz CT molecular complexity index is 601. The highest BCUT2D eigenvalue weighted by Gasteiger charge is 2.10. The predicted molar refractivity (Wildman–Crippen MR) is 68.3 cm³/mol. The molecule has 18 heavy (non-hydrogen) atoms. The summed E-state index contributed by atoms with van der Waals surface area (Å²) in [5.74, 6) is -0.358. The topological polar surface area (TPSA) is 42.0 Å². The molecule has 1 N–H and O–H groups in total. The van der Waals surface area contributed by atoms with Gasteiger partial charge in [-0.2, -0.15) is 0 Å². The first-order chi connectivity index (χ1) is 8.56. The van der Waals surface area contributed by atoms with Crippen LogP contribution in [-0.2, 0) is 0 Å². The first-order valence-electron chi connectivity index (χ1n) is 5.26. The van der Waals surface area contributed by atoms with Crippen LogP contribution >= 0.6 is 11.6 Å². The smallest absolute Gasteiger partial charge is 0.257 e. The van der Waals surface area contributed by atoms with Gasteiger partial charge in [-0.15, -0.1) is 0 Å². The van der Waals surface area contributed by atoms with Crippen molar-refractivity contribution in [3.8, 4) is 0 Å². The molecule has 5 heteroatoms. The Kier molecular flexibility index (Phi) is 3.58. The molecule has 0 aliphatic heterocycles. The van der Waals surface area contributed by atoms with Crippen LogP contribution in [0.5, 0.6) is 0 Å². The molecule has 1 aromatic heterocycles.